The van der Waals surface area contributed by atoms with E-state index in [-0.39, 0.29) is 11.9 Å². The zero-order valence-electron chi connectivity index (χ0n) is 10.8. The minimum Gasteiger partial charge on any atom is -0.383 e. The molecule has 1 N–H and O–H groups in total. The molecule has 102 valence electrons. The van der Waals surface area contributed by atoms with Crippen LogP contribution in [0.4, 0.5) is 4.39 Å². The first-order valence-corrected chi connectivity index (χ1v) is 7.35. The second-order valence-electron chi connectivity index (χ2n) is 4.07. The molecule has 0 heterocycles. The molecule has 0 saturated heterocycles. The molecule has 0 aromatic heterocycles. The van der Waals surface area contributed by atoms with Crippen molar-refractivity contribution in [2.24, 2.45) is 0 Å². The monoisotopic (exact) mass is 273 g/mol. The SMILES string of the molecule is CCCNC(COC)CS(=O)c1ccc(F)cc1. The van der Waals surface area contributed by atoms with Gasteiger partial charge in [-0.3, -0.25) is 4.21 Å². The van der Waals surface area contributed by atoms with Crippen LogP contribution >= 0.6 is 0 Å². The van der Waals surface area contributed by atoms with Crippen LogP contribution in [-0.2, 0) is 15.5 Å². The number of benzene rings is 1. The number of ether oxygens (including phenoxy) is 1. The van der Waals surface area contributed by atoms with E-state index in [0.717, 1.165) is 13.0 Å². The Kier molecular flexibility index (Phi) is 7.08. The predicted molar refractivity (Wildman–Crippen MR) is 71.6 cm³/mol. The first kappa shape index (κ1) is 15.3. The van der Waals surface area contributed by atoms with Gasteiger partial charge in [0.1, 0.15) is 5.82 Å². The summed E-state index contributed by atoms with van der Waals surface area (Å²) in [5.74, 6) is 0.160. The van der Waals surface area contributed by atoms with Crippen molar-refractivity contribution >= 4 is 10.8 Å². The van der Waals surface area contributed by atoms with Crippen LogP contribution in [-0.4, -0.2) is 36.3 Å². The zero-order chi connectivity index (χ0) is 13.4. The molecule has 0 aliphatic carbocycles. The largest absolute Gasteiger partial charge is 0.383 e. The van der Waals surface area contributed by atoms with Gasteiger partial charge in [0.15, 0.2) is 0 Å². The molecule has 2 unspecified atom stereocenters. The van der Waals surface area contributed by atoms with Gasteiger partial charge >= 0.3 is 0 Å². The molecule has 0 saturated carbocycles. The average molecular weight is 273 g/mol. The zero-order valence-corrected chi connectivity index (χ0v) is 11.6. The highest BCUT2D eigenvalue weighted by molar-refractivity contribution is 7.85. The van der Waals surface area contributed by atoms with Crippen molar-refractivity contribution in [1.82, 2.24) is 5.32 Å². The maximum Gasteiger partial charge on any atom is 0.123 e. The summed E-state index contributed by atoms with van der Waals surface area (Å²) in [7, 11) is 0.491. The highest BCUT2D eigenvalue weighted by atomic mass is 32.2. The van der Waals surface area contributed by atoms with Gasteiger partial charge in [-0.05, 0) is 37.2 Å². The smallest absolute Gasteiger partial charge is 0.123 e. The fourth-order valence-corrected chi connectivity index (χ4v) is 2.79. The molecule has 1 rings (SSSR count). The summed E-state index contributed by atoms with van der Waals surface area (Å²) in [6.07, 6.45) is 1.02. The van der Waals surface area contributed by atoms with Crippen molar-refractivity contribution in [1.29, 1.82) is 0 Å². The molecule has 0 aliphatic heterocycles. The molecule has 0 aliphatic rings. The van der Waals surface area contributed by atoms with Crippen LogP contribution in [0, 0.1) is 5.82 Å². The van der Waals surface area contributed by atoms with E-state index in [2.05, 4.69) is 12.2 Å². The van der Waals surface area contributed by atoms with E-state index in [9.17, 15) is 8.60 Å². The summed E-state index contributed by atoms with van der Waals surface area (Å²) in [4.78, 5) is 0.649. The van der Waals surface area contributed by atoms with Crippen LogP contribution in [0.25, 0.3) is 0 Å². The predicted octanol–water partition coefficient (Wildman–Crippen LogP) is 1.95. The Labute approximate surface area is 110 Å². The van der Waals surface area contributed by atoms with Gasteiger partial charge in [-0.25, -0.2) is 4.39 Å². The van der Waals surface area contributed by atoms with E-state index in [1.807, 2.05) is 0 Å². The van der Waals surface area contributed by atoms with Crippen LogP contribution in [0.2, 0.25) is 0 Å². The van der Waals surface area contributed by atoms with E-state index in [4.69, 9.17) is 4.74 Å². The lowest BCUT2D eigenvalue weighted by molar-refractivity contribution is 0.173. The van der Waals surface area contributed by atoms with E-state index < -0.39 is 10.8 Å². The van der Waals surface area contributed by atoms with Gasteiger partial charge in [0.25, 0.3) is 0 Å². The molecule has 18 heavy (non-hydrogen) atoms. The van der Waals surface area contributed by atoms with Gasteiger partial charge in [0.2, 0.25) is 0 Å². The first-order chi connectivity index (χ1) is 8.67. The molecule has 1 aromatic rings. The van der Waals surface area contributed by atoms with Gasteiger partial charge in [0.05, 0.1) is 17.4 Å². The fourth-order valence-electron chi connectivity index (χ4n) is 1.58. The molecule has 0 radical (unpaired) electrons. The highest BCUT2D eigenvalue weighted by Crippen LogP contribution is 2.09. The molecular formula is C13H20FNO2S. The van der Waals surface area contributed by atoms with Crippen LogP contribution in [0.3, 0.4) is 0 Å². The maximum absolute atomic E-state index is 12.8. The minimum atomic E-state index is -1.14. The Bertz CT molecular complexity index is 370. The van der Waals surface area contributed by atoms with E-state index in [0.29, 0.717) is 17.3 Å². The Morgan fingerprint density at radius 1 is 1.39 bits per heavy atom. The van der Waals surface area contributed by atoms with E-state index >= 15 is 0 Å². The number of halogens is 1. The lowest BCUT2D eigenvalue weighted by atomic mass is 10.3. The summed E-state index contributed by atoms with van der Waals surface area (Å²) in [6.45, 7) is 3.47. The second kappa shape index (κ2) is 8.34. The minimum absolute atomic E-state index is 0.0563. The average Bonchev–Trinajstić information content (AvgIpc) is 2.37. The van der Waals surface area contributed by atoms with E-state index in [1.54, 1.807) is 19.2 Å². The van der Waals surface area contributed by atoms with E-state index in [1.165, 1.54) is 12.1 Å². The topological polar surface area (TPSA) is 38.3 Å². The van der Waals surface area contributed by atoms with Gasteiger partial charge in [0, 0.05) is 23.8 Å². The number of nitrogens with one attached hydrogen (secondary N) is 1. The molecule has 0 bridgehead atoms. The highest BCUT2D eigenvalue weighted by Gasteiger charge is 2.13. The molecular weight excluding hydrogens is 253 g/mol. The number of hydrogen-bond acceptors (Lipinski definition) is 3. The summed E-state index contributed by atoms with van der Waals surface area (Å²) >= 11 is 0. The van der Waals surface area contributed by atoms with Crippen molar-refractivity contribution in [3.8, 4) is 0 Å². The maximum atomic E-state index is 12.8. The molecule has 5 heteroatoms. The Balaban J connectivity index is 2.56. The Morgan fingerprint density at radius 3 is 2.61 bits per heavy atom. The third kappa shape index (κ3) is 5.25. The third-order valence-corrected chi connectivity index (χ3v) is 3.98. The quantitative estimate of drug-likeness (QED) is 0.787. The van der Waals surface area contributed by atoms with Crippen molar-refractivity contribution < 1.29 is 13.3 Å². The van der Waals surface area contributed by atoms with Gasteiger partial charge < -0.3 is 10.1 Å². The van der Waals surface area contributed by atoms with Crippen LogP contribution < -0.4 is 5.32 Å². The fraction of sp³-hybridized carbons (Fsp3) is 0.538. The normalized spacial score (nSPS) is 14.4. The van der Waals surface area contributed by atoms with Crippen molar-refractivity contribution in [2.75, 3.05) is 26.0 Å². The van der Waals surface area contributed by atoms with Crippen molar-refractivity contribution in [2.45, 2.75) is 24.3 Å². The molecule has 0 spiro atoms. The number of hydrogen-bond donors (Lipinski definition) is 1. The second-order valence-corrected chi connectivity index (χ2v) is 5.57. The number of methoxy groups -OCH3 is 1. The van der Waals surface area contributed by atoms with Crippen LogP contribution in [0.15, 0.2) is 29.2 Å². The standard InChI is InChI=1S/C13H20FNO2S/c1-3-8-15-12(9-17-2)10-18(16)13-6-4-11(14)5-7-13/h4-7,12,15H,3,8-10H2,1-2H3. The van der Waals surface area contributed by atoms with Gasteiger partial charge in [-0.1, -0.05) is 6.92 Å². The molecule has 3 nitrogen and oxygen atoms in total. The summed E-state index contributed by atoms with van der Waals surface area (Å²) < 4.78 is 30.0. The van der Waals surface area contributed by atoms with Crippen LogP contribution in [0.5, 0.6) is 0 Å². The van der Waals surface area contributed by atoms with Crippen molar-refractivity contribution in [3.63, 3.8) is 0 Å². The van der Waals surface area contributed by atoms with Crippen LogP contribution in [0.1, 0.15) is 13.3 Å². The summed E-state index contributed by atoms with van der Waals surface area (Å²) in [6, 6.07) is 5.85. The molecule has 0 fully saturated rings. The molecule has 2 atom stereocenters. The number of rotatable bonds is 8. The molecule has 0 amide bonds. The summed E-state index contributed by atoms with van der Waals surface area (Å²) in [5, 5.41) is 3.29. The third-order valence-electron chi connectivity index (χ3n) is 2.48. The van der Waals surface area contributed by atoms with Crippen molar-refractivity contribution in [3.05, 3.63) is 30.1 Å². The summed E-state index contributed by atoms with van der Waals surface area (Å²) in [5.41, 5.74) is 0. The lowest BCUT2D eigenvalue weighted by Crippen LogP contribution is -2.38. The van der Waals surface area contributed by atoms with Gasteiger partial charge in [-0.2, -0.15) is 0 Å². The lowest BCUT2D eigenvalue weighted by Gasteiger charge is -2.17. The molecule has 1 aromatic carbocycles. The first-order valence-electron chi connectivity index (χ1n) is 6.03. The Hall–Kier alpha value is -0.780. The Morgan fingerprint density at radius 2 is 2.06 bits per heavy atom. The van der Waals surface area contributed by atoms with Gasteiger partial charge in [-0.15, -0.1) is 0 Å².